The number of primary amides is 1. The van der Waals surface area contributed by atoms with E-state index in [2.05, 4.69) is 5.32 Å². The first-order valence-electron chi connectivity index (χ1n) is 6.08. The molecule has 1 aliphatic rings. The SMILES string of the molecule is Cc1cc(C(=O)N2CCNCC2C(N)=O)ccc1Cl. The lowest BCUT2D eigenvalue weighted by atomic mass is 10.1. The molecule has 0 saturated carbocycles. The Morgan fingerprint density at radius 2 is 2.21 bits per heavy atom. The normalized spacial score (nSPS) is 19.3. The molecule has 1 unspecified atom stereocenters. The van der Waals surface area contributed by atoms with E-state index in [-0.39, 0.29) is 5.91 Å². The van der Waals surface area contributed by atoms with Gasteiger partial charge in [0.1, 0.15) is 6.04 Å². The van der Waals surface area contributed by atoms with Gasteiger partial charge in [-0.1, -0.05) is 11.6 Å². The Balaban J connectivity index is 2.26. The molecule has 0 aromatic heterocycles. The molecule has 1 heterocycles. The molecule has 0 bridgehead atoms. The second kappa shape index (κ2) is 5.59. The predicted octanol–water partition coefficient (Wildman–Crippen LogP) is 0.548. The topological polar surface area (TPSA) is 75.4 Å². The van der Waals surface area contributed by atoms with E-state index < -0.39 is 11.9 Å². The summed E-state index contributed by atoms with van der Waals surface area (Å²) in [7, 11) is 0. The summed E-state index contributed by atoms with van der Waals surface area (Å²) < 4.78 is 0. The van der Waals surface area contributed by atoms with Crippen LogP contribution in [-0.4, -0.2) is 42.4 Å². The van der Waals surface area contributed by atoms with Gasteiger partial charge in [-0.2, -0.15) is 0 Å². The lowest BCUT2D eigenvalue weighted by Crippen LogP contribution is -2.58. The van der Waals surface area contributed by atoms with Crippen LogP contribution in [0.2, 0.25) is 5.02 Å². The highest BCUT2D eigenvalue weighted by Gasteiger charge is 2.31. The molecule has 6 heteroatoms. The minimum absolute atomic E-state index is 0.190. The number of carbonyl (C=O) groups excluding carboxylic acids is 2. The third-order valence-electron chi connectivity index (χ3n) is 3.24. The lowest BCUT2D eigenvalue weighted by molar-refractivity contribution is -0.122. The number of benzene rings is 1. The molecule has 1 atom stereocenters. The van der Waals surface area contributed by atoms with Crippen molar-refractivity contribution in [2.75, 3.05) is 19.6 Å². The summed E-state index contributed by atoms with van der Waals surface area (Å²) >= 11 is 5.94. The molecule has 0 radical (unpaired) electrons. The minimum atomic E-state index is -0.600. The van der Waals surface area contributed by atoms with Crippen molar-refractivity contribution in [3.05, 3.63) is 34.3 Å². The van der Waals surface area contributed by atoms with Crippen molar-refractivity contribution in [3.63, 3.8) is 0 Å². The molecule has 1 fully saturated rings. The number of rotatable bonds is 2. The van der Waals surface area contributed by atoms with E-state index in [1.807, 2.05) is 6.92 Å². The van der Waals surface area contributed by atoms with Crippen LogP contribution in [-0.2, 0) is 4.79 Å². The number of piperazine rings is 1. The molecular formula is C13H16ClN3O2. The largest absolute Gasteiger partial charge is 0.368 e. The zero-order valence-corrected chi connectivity index (χ0v) is 11.4. The zero-order chi connectivity index (χ0) is 14.0. The van der Waals surface area contributed by atoms with Gasteiger partial charge in [0, 0.05) is 30.2 Å². The van der Waals surface area contributed by atoms with Crippen LogP contribution in [0.3, 0.4) is 0 Å². The Kier molecular flexibility index (Phi) is 4.07. The number of nitrogens with zero attached hydrogens (tertiary/aromatic N) is 1. The fourth-order valence-electron chi connectivity index (χ4n) is 2.15. The second-order valence-electron chi connectivity index (χ2n) is 4.58. The molecule has 0 spiro atoms. The van der Waals surface area contributed by atoms with Crippen LogP contribution in [0.4, 0.5) is 0 Å². The number of nitrogens with one attached hydrogen (secondary N) is 1. The van der Waals surface area contributed by atoms with Crippen LogP contribution in [0.5, 0.6) is 0 Å². The number of nitrogens with two attached hydrogens (primary N) is 1. The summed E-state index contributed by atoms with van der Waals surface area (Å²) in [5, 5.41) is 3.67. The maximum Gasteiger partial charge on any atom is 0.254 e. The third kappa shape index (κ3) is 2.88. The molecule has 102 valence electrons. The number of amides is 2. The number of aryl methyl sites for hydroxylation is 1. The lowest BCUT2D eigenvalue weighted by Gasteiger charge is -2.34. The first-order chi connectivity index (χ1) is 9.00. The standard InChI is InChI=1S/C13H16ClN3O2/c1-8-6-9(2-3-10(8)14)13(19)17-5-4-16-7-11(17)12(15)18/h2-3,6,11,16H,4-5,7H2,1H3,(H2,15,18). The quantitative estimate of drug-likeness (QED) is 0.831. The van der Waals surface area contributed by atoms with E-state index >= 15 is 0 Å². The molecule has 1 aromatic rings. The molecule has 5 nitrogen and oxygen atoms in total. The van der Waals surface area contributed by atoms with Gasteiger partial charge in [-0.3, -0.25) is 9.59 Å². The van der Waals surface area contributed by atoms with Gasteiger partial charge in [-0.15, -0.1) is 0 Å². The van der Waals surface area contributed by atoms with Gasteiger partial charge < -0.3 is 16.0 Å². The van der Waals surface area contributed by atoms with Crippen molar-refractivity contribution >= 4 is 23.4 Å². The van der Waals surface area contributed by atoms with Crippen LogP contribution in [0.25, 0.3) is 0 Å². The summed E-state index contributed by atoms with van der Waals surface area (Å²) in [4.78, 5) is 25.3. The van der Waals surface area contributed by atoms with Crippen molar-refractivity contribution < 1.29 is 9.59 Å². The minimum Gasteiger partial charge on any atom is -0.368 e. The number of carbonyl (C=O) groups is 2. The summed E-state index contributed by atoms with van der Waals surface area (Å²) in [6.45, 7) is 3.35. The van der Waals surface area contributed by atoms with Crippen LogP contribution < -0.4 is 11.1 Å². The molecule has 2 rings (SSSR count). The third-order valence-corrected chi connectivity index (χ3v) is 3.66. The summed E-state index contributed by atoms with van der Waals surface area (Å²) in [6.07, 6.45) is 0. The van der Waals surface area contributed by atoms with Crippen LogP contribution in [0, 0.1) is 6.92 Å². The molecule has 1 aliphatic heterocycles. The highest BCUT2D eigenvalue weighted by Crippen LogP contribution is 2.18. The van der Waals surface area contributed by atoms with Gasteiger partial charge in [0.15, 0.2) is 0 Å². The highest BCUT2D eigenvalue weighted by atomic mass is 35.5. The van der Waals surface area contributed by atoms with Crippen LogP contribution in [0.15, 0.2) is 18.2 Å². The van der Waals surface area contributed by atoms with Crippen LogP contribution in [0.1, 0.15) is 15.9 Å². The van der Waals surface area contributed by atoms with Gasteiger partial charge in [0.25, 0.3) is 5.91 Å². The summed E-state index contributed by atoms with van der Waals surface area (Å²) in [5.41, 5.74) is 6.69. The average Bonchev–Trinajstić information content (AvgIpc) is 2.41. The Labute approximate surface area is 116 Å². The van der Waals surface area contributed by atoms with Crippen molar-refractivity contribution in [2.24, 2.45) is 5.73 Å². The second-order valence-corrected chi connectivity index (χ2v) is 4.99. The Morgan fingerprint density at radius 1 is 1.47 bits per heavy atom. The van der Waals surface area contributed by atoms with E-state index in [1.165, 1.54) is 4.90 Å². The first kappa shape index (κ1) is 13.8. The summed E-state index contributed by atoms with van der Waals surface area (Å²) in [5.74, 6) is -0.684. The van der Waals surface area contributed by atoms with Crippen molar-refractivity contribution in [1.82, 2.24) is 10.2 Å². The maximum absolute atomic E-state index is 12.4. The Bertz CT molecular complexity index is 519. The van der Waals surface area contributed by atoms with Gasteiger partial charge in [-0.05, 0) is 30.7 Å². The number of hydrogen-bond acceptors (Lipinski definition) is 3. The maximum atomic E-state index is 12.4. The molecule has 0 aliphatic carbocycles. The summed E-state index contributed by atoms with van der Waals surface area (Å²) in [6, 6.07) is 4.48. The van der Waals surface area contributed by atoms with Gasteiger partial charge in [0.2, 0.25) is 5.91 Å². The van der Waals surface area contributed by atoms with Crippen molar-refractivity contribution in [2.45, 2.75) is 13.0 Å². The van der Waals surface area contributed by atoms with E-state index in [1.54, 1.807) is 18.2 Å². The molecular weight excluding hydrogens is 266 g/mol. The fourth-order valence-corrected chi connectivity index (χ4v) is 2.26. The van der Waals surface area contributed by atoms with E-state index in [0.29, 0.717) is 30.2 Å². The van der Waals surface area contributed by atoms with Crippen LogP contribution >= 0.6 is 11.6 Å². The average molecular weight is 282 g/mol. The molecule has 1 saturated heterocycles. The monoisotopic (exact) mass is 281 g/mol. The van der Waals surface area contributed by atoms with Crippen molar-refractivity contribution in [1.29, 1.82) is 0 Å². The predicted molar refractivity (Wildman–Crippen MR) is 73.1 cm³/mol. The fraction of sp³-hybridized carbons (Fsp3) is 0.385. The Hall–Kier alpha value is -1.59. The van der Waals surface area contributed by atoms with Gasteiger partial charge >= 0.3 is 0 Å². The van der Waals surface area contributed by atoms with Crippen molar-refractivity contribution in [3.8, 4) is 0 Å². The van der Waals surface area contributed by atoms with Gasteiger partial charge in [-0.25, -0.2) is 0 Å². The molecule has 19 heavy (non-hydrogen) atoms. The Morgan fingerprint density at radius 3 is 2.84 bits per heavy atom. The smallest absolute Gasteiger partial charge is 0.254 e. The number of halogens is 1. The zero-order valence-electron chi connectivity index (χ0n) is 10.6. The first-order valence-corrected chi connectivity index (χ1v) is 6.45. The van der Waals surface area contributed by atoms with Gasteiger partial charge in [0.05, 0.1) is 0 Å². The highest BCUT2D eigenvalue weighted by molar-refractivity contribution is 6.31. The molecule has 3 N–H and O–H groups in total. The van der Waals surface area contributed by atoms with E-state index in [4.69, 9.17) is 17.3 Å². The van der Waals surface area contributed by atoms with E-state index in [0.717, 1.165) is 5.56 Å². The number of hydrogen-bond donors (Lipinski definition) is 2. The molecule has 2 amide bonds. The van der Waals surface area contributed by atoms with E-state index in [9.17, 15) is 9.59 Å². The molecule has 1 aromatic carbocycles.